The fourth-order valence-electron chi connectivity index (χ4n) is 3.50. The zero-order chi connectivity index (χ0) is 16.8. The molecular weight excluding hydrogens is 300 g/mol. The van der Waals surface area contributed by atoms with E-state index in [9.17, 15) is 4.79 Å². The Kier molecular flexibility index (Phi) is 5.70. The number of carbonyl (C=O) groups excluding carboxylic acids is 1. The maximum absolute atomic E-state index is 12.5. The third kappa shape index (κ3) is 3.88. The van der Waals surface area contributed by atoms with Gasteiger partial charge in [0.1, 0.15) is 5.75 Å². The molecular formula is C20H26N2O2. The van der Waals surface area contributed by atoms with Gasteiger partial charge in [0.15, 0.2) is 0 Å². The molecule has 2 aromatic rings. The number of carbonyl (C=O) groups is 1. The van der Waals surface area contributed by atoms with Gasteiger partial charge in [0.2, 0.25) is 0 Å². The van der Waals surface area contributed by atoms with E-state index >= 15 is 0 Å². The van der Waals surface area contributed by atoms with Crippen LogP contribution in [0.2, 0.25) is 0 Å². The summed E-state index contributed by atoms with van der Waals surface area (Å²) in [5, 5.41) is 8.58. The van der Waals surface area contributed by atoms with Gasteiger partial charge in [0.25, 0.3) is 5.91 Å². The third-order valence-corrected chi connectivity index (χ3v) is 4.78. The predicted octanol–water partition coefficient (Wildman–Crippen LogP) is 3.50. The number of fused-ring (bicyclic) bond motifs is 1. The van der Waals surface area contributed by atoms with Crippen LogP contribution in [0.3, 0.4) is 0 Å². The summed E-state index contributed by atoms with van der Waals surface area (Å²) in [5.41, 5.74) is 0.592. The second-order valence-electron chi connectivity index (χ2n) is 6.41. The molecule has 4 heteroatoms. The Morgan fingerprint density at radius 2 is 1.88 bits per heavy atom. The number of ether oxygens (including phenoxy) is 1. The molecule has 0 spiro atoms. The molecule has 1 amide bonds. The molecule has 0 aromatic heterocycles. The van der Waals surface area contributed by atoms with Crippen LogP contribution in [0.25, 0.3) is 10.8 Å². The second kappa shape index (κ2) is 8.15. The molecule has 0 unspecified atom stereocenters. The smallest absolute Gasteiger partial charge is 0.255 e. The zero-order valence-corrected chi connectivity index (χ0v) is 14.3. The third-order valence-electron chi connectivity index (χ3n) is 4.78. The Hall–Kier alpha value is -2.07. The number of rotatable bonds is 6. The number of methoxy groups -OCH3 is 1. The first kappa shape index (κ1) is 16.8. The van der Waals surface area contributed by atoms with Crippen LogP contribution in [0.15, 0.2) is 36.4 Å². The first-order chi connectivity index (χ1) is 11.8. The van der Waals surface area contributed by atoms with Gasteiger partial charge in [-0.1, -0.05) is 49.6 Å². The largest absolute Gasteiger partial charge is 0.495 e. The number of nitrogens with one attached hydrogen (secondary N) is 2. The van der Waals surface area contributed by atoms with Gasteiger partial charge in [-0.05, 0) is 24.3 Å². The van der Waals surface area contributed by atoms with Gasteiger partial charge in [-0.25, -0.2) is 0 Å². The zero-order valence-electron chi connectivity index (χ0n) is 14.3. The van der Waals surface area contributed by atoms with E-state index < -0.39 is 0 Å². The molecule has 24 heavy (non-hydrogen) atoms. The molecule has 2 aromatic carbocycles. The van der Waals surface area contributed by atoms with E-state index in [1.54, 1.807) is 7.11 Å². The summed E-state index contributed by atoms with van der Waals surface area (Å²) in [4.78, 5) is 12.5. The second-order valence-corrected chi connectivity index (χ2v) is 6.41. The Morgan fingerprint density at radius 3 is 2.67 bits per heavy atom. The summed E-state index contributed by atoms with van der Waals surface area (Å²) in [7, 11) is 1.61. The number of hydrogen-bond donors (Lipinski definition) is 2. The molecule has 0 atom stereocenters. The van der Waals surface area contributed by atoms with Gasteiger partial charge >= 0.3 is 0 Å². The Labute approximate surface area is 143 Å². The Bertz CT molecular complexity index is 693. The minimum atomic E-state index is -0.0805. The van der Waals surface area contributed by atoms with Crippen molar-refractivity contribution in [1.29, 1.82) is 0 Å². The molecule has 4 nitrogen and oxygen atoms in total. The fraction of sp³-hybridized carbons (Fsp3) is 0.450. The van der Waals surface area contributed by atoms with Gasteiger partial charge in [-0.2, -0.15) is 0 Å². The fourth-order valence-corrected chi connectivity index (χ4v) is 3.50. The molecule has 0 aliphatic heterocycles. The first-order valence-electron chi connectivity index (χ1n) is 8.87. The first-order valence-corrected chi connectivity index (χ1v) is 8.87. The number of amides is 1. The van der Waals surface area contributed by atoms with Crippen LogP contribution in [0.4, 0.5) is 0 Å². The highest BCUT2D eigenvalue weighted by molar-refractivity contribution is 6.03. The number of benzene rings is 2. The SMILES string of the molecule is COc1c(C(=O)NCCNC2CCCCC2)ccc2ccccc12. The maximum atomic E-state index is 12.5. The molecule has 2 N–H and O–H groups in total. The van der Waals surface area contributed by atoms with Crippen molar-refractivity contribution >= 4 is 16.7 Å². The minimum Gasteiger partial charge on any atom is -0.495 e. The molecule has 1 aliphatic carbocycles. The summed E-state index contributed by atoms with van der Waals surface area (Å²) in [5.74, 6) is 0.564. The van der Waals surface area contributed by atoms with Crippen LogP contribution in [0.5, 0.6) is 5.75 Å². The van der Waals surface area contributed by atoms with Crippen molar-refractivity contribution < 1.29 is 9.53 Å². The standard InChI is InChI=1S/C20H26N2O2/c1-24-19-17-10-6-5-7-15(17)11-12-18(19)20(23)22-14-13-21-16-8-3-2-4-9-16/h5-7,10-12,16,21H,2-4,8-9,13-14H2,1H3,(H,22,23). The van der Waals surface area contributed by atoms with E-state index in [-0.39, 0.29) is 5.91 Å². The van der Waals surface area contributed by atoms with Gasteiger partial charge < -0.3 is 15.4 Å². The summed E-state index contributed by atoms with van der Waals surface area (Å²) in [6, 6.07) is 12.4. The minimum absolute atomic E-state index is 0.0805. The normalized spacial score (nSPS) is 15.4. The molecule has 1 fully saturated rings. The molecule has 1 aliphatic rings. The van der Waals surface area contributed by atoms with Gasteiger partial charge in [0, 0.05) is 24.5 Å². The van der Waals surface area contributed by atoms with Gasteiger partial charge in [0.05, 0.1) is 12.7 Å². The van der Waals surface area contributed by atoms with Crippen LogP contribution >= 0.6 is 0 Å². The monoisotopic (exact) mass is 326 g/mol. The van der Waals surface area contributed by atoms with Gasteiger partial charge in [-0.15, -0.1) is 0 Å². The molecule has 0 bridgehead atoms. The van der Waals surface area contributed by atoms with Crippen LogP contribution in [-0.4, -0.2) is 32.1 Å². The molecule has 1 saturated carbocycles. The van der Waals surface area contributed by atoms with E-state index in [0.29, 0.717) is 23.9 Å². The highest BCUT2D eigenvalue weighted by Crippen LogP contribution is 2.29. The van der Waals surface area contributed by atoms with Crippen molar-refractivity contribution in [2.24, 2.45) is 0 Å². The molecule has 0 saturated heterocycles. The maximum Gasteiger partial charge on any atom is 0.255 e. The van der Waals surface area contributed by atoms with Crippen molar-refractivity contribution in [2.75, 3.05) is 20.2 Å². The average Bonchev–Trinajstić information content (AvgIpc) is 2.65. The molecule has 0 heterocycles. The van der Waals surface area contributed by atoms with Crippen molar-refractivity contribution in [1.82, 2.24) is 10.6 Å². The summed E-state index contributed by atoms with van der Waals surface area (Å²) < 4.78 is 5.50. The topological polar surface area (TPSA) is 50.4 Å². The van der Waals surface area contributed by atoms with E-state index in [2.05, 4.69) is 10.6 Å². The Morgan fingerprint density at radius 1 is 1.08 bits per heavy atom. The average molecular weight is 326 g/mol. The summed E-state index contributed by atoms with van der Waals surface area (Å²) in [6.07, 6.45) is 6.51. The van der Waals surface area contributed by atoms with E-state index in [1.165, 1.54) is 32.1 Å². The highest BCUT2D eigenvalue weighted by atomic mass is 16.5. The van der Waals surface area contributed by atoms with Crippen LogP contribution < -0.4 is 15.4 Å². The van der Waals surface area contributed by atoms with Crippen LogP contribution in [-0.2, 0) is 0 Å². The van der Waals surface area contributed by atoms with E-state index in [4.69, 9.17) is 4.74 Å². The lowest BCUT2D eigenvalue weighted by molar-refractivity contribution is 0.0950. The quantitative estimate of drug-likeness (QED) is 0.799. The molecule has 3 rings (SSSR count). The number of hydrogen-bond acceptors (Lipinski definition) is 3. The van der Waals surface area contributed by atoms with Crippen molar-refractivity contribution in [3.63, 3.8) is 0 Å². The lowest BCUT2D eigenvalue weighted by Gasteiger charge is -2.22. The predicted molar refractivity (Wildman–Crippen MR) is 97.7 cm³/mol. The van der Waals surface area contributed by atoms with E-state index in [0.717, 1.165) is 17.3 Å². The van der Waals surface area contributed by atoms with Gasteiger partial charge in [-0.3, -0.25) is 4.79 Å². The summed E-state index contributed by atoms with van der Waals surface area (Å²) in [6.45, 7) is 1.44. The summed E-state index contributed by atoms with van der Waals surface area (Å²) >= 11 is 0. The van der Waals surface area contributed by atoms with E-state index in [1.807, 2.05) is 36.4 Å². The lowest BCUT2D eigenvalue weighted by atomic mass is 9.95. The van der Waals surface area contributed by atoms with Crippen molar-refractivity contribution in [2.45, 2.75) is 38.1 Å². The molecule has 0 radical (unpaired) electrons. The molecule has 128 valence electrons. The highest BCUT2D eigenvalue weighted by Gasteiger charge is 2.15. The van der Waals surface area contributed by atoms with Crippen molar-refractivity contribution in [3.8, 4) is 5.75 Å². The lowest BCUT2D eigenvalue weighted by Crippen LogP contribution is -2.38. The van der Waals surface area contributed by atoms with Crippen LogP contribution in [0, 0.1) is 0 Å². The Balaban J connectivity index is 1.59. The van der Waals surface area contributed by atoms with Crippen molar-refractivity contribution in [3.05, 3.63) is 42.0 Å². The van der Waals surface area contributed by atoms with Crippen LogP contribution in [0.1, 0.15) is 42.5 Å².